The number of likely N-dealkylation sites (N-methyl/N-ethyl adjacent to an activating group) is 1. The van der Waals surface area contributed by atoms with Gasteiger partial charge >= 0.3 is 0 Å². The molecular weight excluding hydrogens is 260 g/mol. The molecule has 1 aliphatic rings. The monoisotopic (exact) mass is 279 g/mol. The minimum absolute atomic E-state index is 0.878. The summed E-state index contributed by atoms with van der Waals surface area (Å²) in [5.41, 5.74) is 3.04. The fraction of sp³-hybridized carbons (Fsp3) is 0.333. The molecule has 0 bridgehead atoms. The average molecular weight is 279 g/mol. The molecule has 3 nitrogen and oxygen atoms in total. The molecule has 0 aliphatic carbocycles. The second-order valence-corrected chi connectivity index (χ2v) is 5.90. The van der Waals surface area contributed by atoms with Gasteiger partial charge in [-0.25, -0.2) is 0 Å². The summed E-state index contributed by atoms with van der Waals surface area (Å²) in [6.45, 7) is 5.51. The van der Waals surface area contributed by atoms with Crippen molar-refractivity contribution >= 4 is 21.9 Å². The SMILES string of the molecule is CN1CCN(Cc2[c]c3oc4ccccc4c3cc2)CC1. The molecule has 0 saturated carbocycles. The number of rotatable bonds is 2. The lowest BCUT2D eigenvalue weighted by Crippen LogP contribution is -2.43. The Balaban J connectivity index is 1.63. The summed E-state index contributed by atoms with van der Waals surface area (Å²) >= 11 is 0. The Morgan fingerprint density at radius 1 is 1.00 bits per heavy atom. The lowest BCUT2D eigenvalue weighted by Gasteiger charge is -2.32. The van der Waals surface area contributed by atoms with Crippen molar-refractivity contribution in [3.8, 4) is 0 Å². The van der Waals surface area contributed by atoms with Crippen LogP contribution in [0.25, 0.3) is 21.9 Å². The van der Waals surface area contributed by atoms with Gasteiger partial charge in [-0.15, -0.1) is 0 Å². The molecule has 0 atom stereocenters. The van der Waals surface area contributed by atoms with E-state index in [0.717, 1.165) is 49.3 Å². The molecule has 0 unspecified atom stereocenters. The highest BCUT2D eigenvalue weighted by Crippen LogP contribution is 2.28. The average Bonchev–Trinajstić information content (AvgIpc) is 2.87. The summed E-state index contributed by atoms with van der Waals surface area (Å²) in [4.78, 5) is 4.86. The molecule has 0 amide bonds. The number of benzene rings is 2. The summed E-state index contributed by atoms with van der Waals surface area (Å²) in [7, 11) is 2.18. The van der Waals surface area contributed by atoms with E-state index in [1.807, 2.05) is 12.1 Å². The van der Waals surface area contributed by atoms with Gasteiger partial charge in [-0.05, 0) is 18.7 Å². The number of para-hydroxylation sites is 1. The first-order chi connectivity index (χ1) is 10.3. The predicted octanol–water partition coefficient (Wildman–Crippen LogP) is 3.13. The standard InChI is InChI=1S/C18H19N2O/c1-19-8-10-20(11-9-19)13-14-6-7-16-15-4-2-3-5-17(15)21-18(16)12-14/h2-7H,8-11,13H2,1H3. The first kappa shape index (κ1) is 12.9. The molecule has 1 aliphatic heterocycles. The van der Waals surface area contributed by atoms with E-state index in [1.165, 1.54) is 10.9 Å². The van der Waals surface area contributed by atoms with Gasteiger partial charge in [0.05, 0.1) is 0 Å². The Labute approximate surface area is 124 Å². The highest BCUT2D eigenvalue weighted by atomic mass is 16.3. The molecule has 1 radical (unpaired) electrons. The Morgan fingerprint density at radius 2 is 1.81 bits per heavy atom. The van der Waals surface area contributed by atoms with Crippen LogP contribution in [-0.4, -0.2) is 43.0 Å². The van der Waals surface area contributed by atoms with Crippen molar-refractivity contribution in [1.82, 2.24) is 9.80 Å². The molecule has 1 saturated heterocycles. The quantitative estimate of drug-likeness (QED) is 0.718. The van der Waals surface area contributed by atoms with Gasteiger partial charge in [-0.3, -0.25) is 4.90 Å². The van der Waals surface area contributed by atoms with Gasteiger partial charge < -0.3 is 9.32 Å². The summed E-state index contributed by atoms with van der Waals surface area (Å²) < 4.78 is 5.92. The highest BCUT2D eigenvalue weighted by Gasteiger charge is 2.15. The number of nitrogens with zero attached hydrogens (tertiary/aromatic N) is 2. The molecule has 3 heteroatoms. The lowest BCUT2D eigenvalue weighted by molar-refractivity contribution is 0.148. The van der Waals surface area contributed by atoms with Gasteiger partial charge in [-0.2, -0.15) is 0 Å². The van der Waals surface area contributed by atoms with Crippen LogP contribution in [0.5, 0.6) is 0 Å². The number of hydrogen-bond donors (Lipinski definition) is 0. The summed E-state index contributed by atoms with van der Waals surface area (Å²) in [5.74, 6) is 0. The topological polar surface area (TPSA) is 19.6 Å². The van der Waals surface area contributed by atoms with Gasteiger partial charge in [0.1, 0.15) is 11.2 Å². The first-order valence-corrected chi connectivity index (χ1v) is 7.53. The third-order valence-electron chi connectivity index (χ3n) is 4.35. The maximum absolute atomic E-state index is 5.92. The van der Waals surface area contributed by atoms with Crippen LogP contribution in [0.3, 0.4) is 0 Å². The van der Waals surface area contributed by atoms with Gasteiger partial charge in [0.25, 0.3) is 0 Å². The summed E-state index contributed by atoms with van der Waals surface area (Å²) in [6.07, 6.45) is 0. The minimum Gasteiger partial charge on any atom is -0.455 e. The van der Waals surface area contributed by atoms with Crippen LogP contribution in [0.4, 0.5) is 0 Å². The van der Waals surface area contributed by atoms with Crippen LogP contribution < -0.4 is 0 Å². The van der Waals surface area contributed by atoms with Crippen LogP contribution in [0.1, 0.15) is 5.56 Å². The van der Waals surface area contributed by atoms with Crippen LogP contribution in [-0.2, 0) is 6.54 Å². The molecular formula is C18H19N2O. The molecule has 0 N–H and O–H groups in total. The second kappa shape index (κ2) is 5.17. The molecule has 4 rings (SSSR count). The fourth-order valence-electron chi connectivity index (χ4n) is 3.03. The summed E-state index contributed by atoms with van der Waals surface area (Å²) in [6, 6.07) is 16.0. The number of hydrogen-bond acceptors (Lipinski definition) is 3. The van der Waals surface area contributed by atoms with Crippen molar-refractivity contribution in [2.75, 3.05) is 33.2 Å². The van der Waals surface area contributed by atoms with E-state index in [1.54, 1.807) is 0 Å². The van der Waals surface area contributed by atoms with Crippen molar-refractivity contribution in [1.29, 1.82) is 0 Å². The maximum atomic E-state index is 5.92. The van der Waals surface area contributed by atoms with Crippen molar-refractivity contribution in [2.24, 2.45) is 0 Å². The van der Waals surface area contributed by atoms with E-state index < -0.39 is 0 Å². The van der Waals surface area contributed by atoms with Crippen LogP contribution in [0, 0.1) is 6.07 Å². The van der Waals surface area contributed by atoms with Gasteiger partial charge in [0.2, 0.25) is 0 Å². The number of fused-ring (bicyclic) bond motifs is 3. The Hall–Kier alpha value is -1.84. The minimum atomic E-state index is 0.878. The van der Waals surface area contributed by atoms with Gasteiger partial charge in [-0.1, -0.05) is 30.3 Å². The largest absolute Gasteiger partial charge is 0.455 e. The molecule has 1 fully saturated rings. The zero-order valence-corrected chi connectivity index (χ0v) is 12.3. The lowest BCUT2D eigenvalue weighted by atomic mass is 10.1. The van der Waals surface area contributed by atoms with Crippen molar-refractivity contribution in [2.45, 2.75) is 6.54 Å². The first-order valence-electron chi connectivity index (χ1n) is 7.53. The number of piperazine rings is 1. The molecule has 107 valence electrons. The normalized spacial score (nSPS) is 17.8. The Bertz CT molecular complexity index is 769. The molecule has 1 aromatic heterocycles. The predicted molar refractivity (Wildman–Crippen MR) is 85.3 cm³/mol. The van der Waals surface area contributed by atoms with Crippen LogP contribution >= 0.6 is 0 Å². The Kier molecular flexibility index (Phi) is 3.17. The molecule has 2 aromatic carbocycles. The van der Waals surface area contributed by atoms with Gasteiger partial charge in [0, 0.05) is 49.6 Å². The van der Waals surface area contributed by atoms with Crippen molar-refractivity contribution < 1.29 is 4.42 Å². The molecule has 3 aromatic rings. The maximum Gasteiger partial charge on any atom is 0.143 e. The zero-order valence-electron chi connectivity index (χ0n) is 12.3. The molecule has 0 spiro atoms. The van der Waals surface area contributed by atoms with Gasteiger partial charge in [0.15, 0.2) is 0 Å². The van der Waals surface area contributed by atoms with E-state index in [9.17, 15) is 0 Å². The van der Waals surface area contributed by atoms with E-state index in [-0.39, 0.29) is 0 Å². The van der Waals surface area contributed by atoms with Crippen molar-refractivity contribution in [3.05, 3.63) is 48.0 Å². The van der Waals surface area contributed by atoms with E-state index >= 15 is 0 Å². The zero-order chi connectivity index (χ0) is 14.2. The van der Waals surface area contributed by atoms with E-state index in [4.69, 9.17) is 4.42 Å². The second-order valence-electron chi connectivity index (χ2n) is 5.90. The molecule has 21 heavy (non-hydrogen) atoms. The third-order valence-corrected chi connectivity index (χ3v) is 4.35. The fourth-order valence-corrected chi connectivity index (χ4v) is 3.03. The van der Waals surface area contributed by atoms with E-state index in [0.29, 0.717) is 0 Å². The van der Waals surface area contributed by atoms with E-state index in [2.05, 4.69) is 47.2 Å². The highest BCUT2D eigenvalue weighted by molar-refractivity contribution is 6.04. The smallest absolute Gasteiger partial charge is 0.143 e. The van der Waals surface area contributed by atoms with Crippen molar-refractivity contribution in [3.63, 3.8) is 0 Å². The summed E-state index contributed by atoms with van der Waals surface area (Å²) in [5, 5.41) is 2.34. The van der Waals surface area contributed by atoms with Crippen LogP contribution in [0.2, 0.25) is 0 Å². The van der Waals surface area contributed by atoms with Crippen LogP contribution in [0.15, 0.2) is 40.8 Å². The molecule has 2 heterocycles. The number of furan rings is 1. The third kappa shape index (κ3) is 2.43. The Morgan fingerprint density at radius 3 is 2.67 bits per heavy atom.